The van der Waals surface area contributed by atoms with Crippen molar-refractivity contribution in [1.29, 1.82) is 0 Å². The molecule has 0 radical (unpaired) electrons. The third-order valence-electron chi connectivity index (χ3n) is 6.28. The topological polar surface area (TPSA) is 27.1 Å². The smallest absolute Gasteiger partial charge is 0.145 e. The summed E-state index contributed by atoms with van der Waals surface area (Å²) in [6.07, 6.45) is 1.88. The lowest BCUT2D eigenvalue weighted by Crippen LogP contribution is -2.27. The van der Waals surface area contributed by atoms with E-state index >= 15 is 0 Å². The van der Waals surface area contributed by atoms with Crippen molar-refractivity contribution in [2.75, 3.05) is 7.11 Å². The quantitative estimate of drug-likeness (QED) is 0.403. The van der Waals surface area contributed by atoms with Crippen LogP contribution in [0.1, 0.15) is 51.3 Å². The van der Waals surface area contributed by atoms with Gasteiger partial charge in [0.25, 0.3) is 0 Å². The van der Waals surface area contributed by atoms with Crippen LogP contribution in [0.4, 0.5) is 0 Å². The number of pyridine rings is 1. The Morgan fingerprint density at radius 1 is 0.964 bits per heavy atom. The summed E-state index contributed by atoms with van der Waals surface area (Å²) in [5.41, 5.74) is 7.45. The second kappa shape index (κ2) is 5.38. The number of nitrogens with zero attached hydrogens (tertiary/aromatic N) is 2. The number of rotatable bonds is 1. The summed E-state index contributed by atoms with van der Waals surface area (Å²) >= 11 is 0. The summed E-state index contributed by atoms with van der Waals surface area (Å²) in [6, 6.07) is 15.4. The normalized spacial score (nSPS) is 15.1. The second-order valence-corrected chi connectivity index (χ2v) is 9.39. The fourth-order valence-corrected chi connectivity index (χ4v) is 4.61. The van der Waals surface area contributed by atoms with Crippen molar-refractivity contribution in [3.05, 3.63) is 65.4 Å². The van der Waals surface area contributed by atoms with Crippen LogP contribution in [0, 0.1) is 0 Å². The maximum Gasteiger partial charge on any atom is 0.145 e. The number of aromatic nitrogens is 2. The Morgan fingerprint density at radius 3 is 2.46 bits per heavy atom. The molecule has 0 aliphatic carbocycles. The molecular formula is C25H26N2O. The molecule has 0 saturated carbocycles. The largest absolute Gasteiger partial charge is 0.497 e. The molecule has 0 fully saturated rings. The molecular weight excluding hydrogens is 344 g/mol. The van der Waals surface area contributed by atoms with E-state index in [1.54, 1.807) is 7.11 Å². The number of ether oxygens (including phenoxy) is 1. The lowest BCUT2D eigenvalue weighted by molar-refractivity contribution is 0.414. The van der Waals surface area contributed by atoms with Crippen LogP contribution in [0.2, 0.25) is 0 Å². The second-order valence-electron chi connectivity index (χ2n) is 9.39. The van der Waals surface area contributed by atoms with Gasteiger partial charge in [-0.3, -0.25) is 4.57 Å². The van der Waals surface area contributed by atoms with E-state index in [2.05, 4.69) is 75.6 Å². The van der Waals surface area contributed by atoms with Crippen molar-refractivity contribution < 1.29 is 4.74 Å². The SMILES string of the molecule is COc1ccc2c(c1)-n1c3ncccc3c3cc(C(C)(C)C)cc(c31)C2(C)C. The zero-order valence-corrected chi connectivity index (χ0v) is 17.4. The summed E-state index contributed by atoms with van der Waals surface area (Å²) < 4.78 is 7.88. The fraction of sp³-hybridized carbons (Fsp3) is 0.320. The number of fused-ring (bicyclic) bond motifs is 5. The molecule has 3 heterocycles. The first-order valence-corrected chi connectivity index (χ1v) is 9.86. The number of methoxy groups -OCH3 is 1. The van der Waals surface area contributed by atoms with E-state index in [0.29, 0.717) is 0 Å². The Bertz CT molecular complexity index is 1260. The van der Waals surface area contributed by atoms with Crippen molar-refractivity contribution in [1.82, 2.24) is 9.55 Å². The van der Waals surface area contributed by atoms with Crippen LogP contribution in [0.25, 0.3) is 27.6 Å². The van der Waals surface area contributed by atoms with Gasteiger partial charge in [-0.25, -0.2) is 4.98 Å². The fourth-order valence-electron chi connectivity index (χ4n) is 4.61. The highest BCUT2D eigenvalue weighted by Gasteiger charge is 2.36. The van der Waals surface area contributed by atoms with Gasteiger partial charge in [0.1, 0.15) is 11.4 Å². The third kappa shape index (κ3) is 2.13. The van der Waals surface area contributed by atoms with Gasteiger partial charge < -0.3 is 4.74 Å². The van der Waals surface area contributed by atoms with Gasteiger partial charge in [0, 0.05) is 28.5 Å². The summed E-state index contributed by atoms with van der Waals surface area (Å²) in [5.74, 6) is 0.871. The first-order chi connectivity index (χ1) is 13.2. The molecule has 3 heteroatoms. The lowest BCUT2D eigenvalue weighted by atomic mass is 9.72. The zero-order chi connectivity index (χ0) is 19.8. The zero-order valence-electron chi connectivity index (χ0n) is 17.4. The molecule has 0 N–H and O–H groups in total. The van der Waals surface area contributed by atoms with Gasteiger partial charge in [0.2, 0.25) is 0 Å². The van der Waals surface area contributed by atoms with E-state index < -0.39 is 0 Å². The molecule has 0 atom stereocenters. The molecule has 0 spiro atoms. The van der Waals surface area contributed by atoms with Crippen molar-refractivity contribution in [3.8, 4) is 11.4 Å². The first kappa shape index (κ1) is 17.3. The van der Waals surface area contributed by atoms with Crippen molar-refractivity contribution in [2.45, 2.75) is 45.4 Å². The molecule has 0 bridgehead atoms. The summed E-state index contributed by atoms with van der Waals surface area (Å²) in [6.45, 7) is 11.5. The third-order valence-corrected chi connectivity index (χ3v) is 6.28. The van der Waals surface area contributed by atoms with E-state index in [9.17, 15) is 0 Å². The molecule has 2 aromatic carbocycles. The molecule has 0 unspecified atom stereocenters. The first-order valence-electron chi connectivity index (χ1n) is 9.86. The lowest BCUT2D eigenvalue weighted by Gasteiger charge is -2.36. The molecule has 0 amide bonds. The van der Waals surface area contributed by atoms with Gasteiger partial charge in [-0.1, -0.05) is 46.8 Å². The van der Waals surface area contributed by atoms with Crippen LogP contribution in [0.3, 0.4) is 0 Å². The average Bonchev–Trinajstić information content (AvgIpc) is 3.00. The molecule has 5 rings (SSSR count). The van der Waals surface area contributed by atoms with Gasteiger partial charge in [0.15, 0.2) is 0 Å². The highest BCUT2D eigenvalue weighted by molar-refractivity contribution is 6.10. The van der Waals surface area contributed by atoms with Gasteiger partial charge in [0.05, 0.1) is 18.3 Å². The van der Waals surface area contributed by atoms with Crippen LogP contribution in [0.5, 0.6) is 5.75 Å². The van der Waals surface area contributed by atoms with Gasteiger partial charge >= 0.3 is 0 Å². The maximum atomic E-state index is 5.55. The molecule has 28 heavy (non-hydrogen) atoms. The summed E-state index contributed by atoms with van der Waals surface area (Å²) in [7, 11) is 1.72. The van der Waals surface area contributed by atoms with E-state index in [1.165, 1.54) is 38.7 Å². The van der Waals surface area contributed by atoms with Gasteiger partial charge in [-0.2, -0.15) is 0 Å². The number of hydrogen-bond acceptors (Lipinski definition) is 2. The molecule has 2 aromatic heterocycles. The maximum absolute atomic E-state index is 5.55. The summed E-state index contributed by atoms with van der Waals surface area (Å²) in [5, 5.41) is 2.49. The average molecular weight is 370 g/mol. The number of benzene rings is 2. The van der Waals surface area contributed by atoms with Crippen LogP contribution < -0.4 is 4.74 Å². The highest BCUT2D eigenvalue weighted by Crippen LogP contribution is 2.49. The van der Waals surface area contributed by atoms with Crippen LogP contribution in [0.15, 0.2) is 48.7 Å². The van der Waals surface area contributed by atoms with Crippen molar-refractivity contribution >= 4 is 21.9 Å². The number of hydrogen-bond donors (Lipinski definition) is 0. The van der Waals surface area contributed by atoms with Crippen molar-refractivity contribution in [2.24, 2.45) is 0 Å². The molecule has 0 saturated heterocycles. The minimum atomic E-state index is -0.106. The van der Waals surface area contributed by atoms with Crippen molar-refractivity contribution in [3.63, 3.8) is 0 Å². The monoisotopic (exact) mass is 370 g/mol. The predicted molar refractivity (Wildman–Crippen MR) is 116 cm³/mol. The molecule has 3 nitrogen and oxygen atoms in total. The minimum Gasteiger partial charge on any atom is -0.497 e. The molecule has 1 aliphatic rings. The highest BCUT2D eigenvalue weighted by atomic mass is 16.5. The Kier molecular flexibility index (Phi) is 3.32. The van der Waals surface area contributed by atoms with Crippen LogP contribution in [-0.2, 0) is 10.8 Å². The van der Waals surface area contributed by atoms with Gasteiger partial charge in [-0.05, 0) is 46.4 Å². The van der Waals surface area contributed by atoms with E-state index in [4.69, 9.17) is 9.72 Å². The Hall–Kier alpha value is -2.81. The Balaban J connectivity index is 2.05. The Morgan fingerprint density at radius 2 is 1.75 bits per heavy atom. The molecule has 1 aliphatic heterocycles. The standard InChI is InChI=1S/C25H26N2O/c1-24(2,3)15-12-18-17-8-7-11-26-23(17)27-21-14-16(28-6)9-10-19(21)25(4,5)20(13-15)22(18)27/h7-14H,1-6H3. The minimum absolute atomic E-state index is 0.0809. The molecule has 4 aromatic rings. The van der Waals surface area contributed by atoms with E-state index in [-0.39, 0.29) is 10.8 Å². The van der Waals surface area contributed by atoms with E-state index in [1.807, 2.05) is 12.3 Å². The summed E-state index contributed by atoms with van der Waals surface area (Å²) in [4.78, 5) is 4.78. The van der Waals surface area contributed by atoms with Crippen LogP contribution in [-0.4, -0.2) is 16.7 Å². The van der Waals surface area contributed by atoms with E-state index in [0.717, 1.165) is 11.4 Å². The predicted octanol–water partition coefficient (Wildman–Crippen LogP) is 6.12. The van der Waals surface area contributed by atoms with Crippen LogP contribution >= 0.6 is 0 Å². The molecule has 142 valence electrons. The van der Waals surface area contributed by atoms with Gasteiger partial charge in [-0.15, -0.1) is 0 Å². The Labute approximate surface area is 166 Å².